The highest BCUT2D eigenvalue weighted by atomic mass is 32.2. The third kappa shape index (κ3) is 5.09. The minimum Gasteiger partial charge on any atom is -0.481 e. The molecular formula is C12H15NO4S. The summed E-state index contributed by atoms with van der Waals surface area (Å²) < 4.78 is 11.3. The van der Waals surface area contributed by atoms with Crippen LogP contribution in [0.5, 0.6) is 0 Å². The van der Waals surface area contributed by atoms with Gasteiger partial charge >= 0.3 is 5.97 Å². The Labute approximate surface area is 108 Å². The Morgan fingerprint density at radius 1 is 1.28 bits per heavy atom. The maximum atomic E-state index is 11.5. The minimum atomic E-state index is -1.66. The number of carbonyl (C=O) groups excluding carboxylic acids is 1. The molecule has 2 N–H and O–H groups in total. The van der Waals surface area contributed by atoms with Gasteiger partial charge in [0.05, 0.1) is 6.04 Å². The first-order valence-corrected chi connectivity index (χ1v) is 6.89. The van der Waals surface area contributed by atoms with E-state index < -0.39 is 28.4 Å². The fourth-order valence-corrected chi connectivity index (χ4v) is 2.20. The van der Waals surface area contributed by atoms with Gasteiger partial charge in [-0.05, 0) is 12.5 Å². The molecule has 98 valence electrons. The Morgan fingerprint density at radius 3 is 2.44 bits per heavy atom. The van der Waals surface area contributed by atoms with Crippen molar-refractivity contribution in [2.75, 3.05) is 11.5 Å². The van der Waals surface area contributed by atoms with Gasteiger partial charge in [-0.15, -0.1) is 0 Å². The van der Waals surface area contributed by atoms with Crippen molar-refractivity contribution in [2.45, 2.75) is 13.0 Å². The number of hydrogen-bond acceptors (Lipinski definition) is 3. The summed E-state index contributed by atoms with van der Waals surface area (Å²) >= 11 is 0. The summed E-state index contributed by atoms with van der Waals surface area (Å²) in [4.78, 5) is 21.8. The molecule has 1 aromatic carbocycles. The lowest BCUT2D eigenvalue weighted by molar-refractivity contribution is -0.133. The zero-order valence-corrected chi connectivity index (χ0v) is 10.8. The highest BCUT2D eigenvalue weighted by Gasteiger charge is 2.14. The number of nitrogens with one attached hydrogen (secondary N) is 1. The molecule has 0 spiro atoms. The second kappa shape index (κ2) is 6.90. The molecule has 0 radical (unpaired) electrons. The molecule has 5 nitrogen and oxygen atoms in total. The van der Waals surface area contributed by atoms with Crippen LogP contribution in [0.2, 0.25) is 0 Å². The molecule has 2 unspecified atom stereocenters. The summed E-state index contributed by atoms with van der Waals surface area (Å²) in [7, 11) is -1.66. The second-order valence-corrected chi connectivity index (χ2v) is 5.28. The topological polar surface area (TPSA) is 83.5 Å². The first-order valence-electron chi connectivity index (χ1n) is 5.40. The zero-order valence-electron chi connectivity index (χ0n) is 9.96. The van der Waals surface area contributed by atoms with Crippen LogP contribution in [0.1, 0.15) is 18.5 Å². The summed E-state index contributed by atoms with van der Waals surface area (Å²) in [5.41, 5.74) is 0.940. The number of benzene rings is 1. The van der Waals surface area contributed by atoms with Gasteiger partial charge in [0.2, 0.25) is 5.91 Å². The average molecular weight is 269 g/mol. The van der Waals surface area contributed by atoms with Gasteiger partial charge < -0.3 is 10.4 Å². The summed E-state index contributed by atoms with van der Waals surface area (Å²) in [6, 6.07) is 9.15. The quantitative estimate of drug-likeness (QED) is 0.796. The van der Waals surface area contributed by atoms with E-state index in [-0.39, 0.29) is 11.8 Å². The molecule has 18 heavy (non-hydrogen) atoms. The minimum absolute atomic E-state index is 0.194. The van der Waals surface area contributed by atoms with Crippen LogP contribution in [0.3, 0.4) is 0 Å². The molecule has 0 bridgehead atoms. The van der Waals surface area contributed by atoms with Crippen LogP contribution in [0.15, 0.2) is 30.3 Å². The second-order valence-electron chi connectivity index (χ2n) is 3.82. The Bertz CT molecular complexity index is 447. The summed E-state index contributed by atoms with van der Waals surface area (Å²) in [6.07, 6.45) is 0. The number of carbonyl (C=O) groups is 2. The van der Waals surface area contributed by atoms with Crippen LogP contribution in [0.4, 0.5) is 0 Å². The molecule has 6 heteroatoms. The molecule has 1 rings (SSSR count). The zero-order chi connectivity index (χ0) is 13.5. The van der Waals surface area contributed by atoms with Crippen molar-refractivity contribution in [1.82, 2.24) is 5.32 Å². The van der Waals surface area contributed by atoms with Gasteiger partial charge in [0.15, 0.2) is 0 Å². The molecule has 0 fully saturated rings. The summed E-state index contributed by atoms with van der Waals surface area (Å²) in [6.45, 7) is 1.81. The number of aliphatic carboxylic acids is 1. The molecule has 1 amide bonds. The van der Waals surface area contributed by atoms with E-state index in [2.05, 4.69) is 5.32 Å². The van der Waals surface area contributed by atoms with E-state index in [1.165, 1.54) is 0 Å². The van der Waals surface area contributed by atoms with E-state index in [9.17, 15) is 13.8 Å². The highest BCUT2D eigenvalue weighted by molar-refractivity contribution is 7.86. The Balaban J connectivity index is 2.45. The van der Waals surface area contributed by atoms with Crippen LogP contribution >= 0.6 is 0 Å². The van der Waals surface area contributed by atoms with E-state index in [4.69, 9.17) is 5.11 Å². The lowest BCUT2D eigenvalue weighted by Crippen LogP contribution is -2.32. The molecule has 0 aromatic heterocycles. The van der Waals surface area contributed by atoms with Crippen molar-refractivity contribution >= 4 is 22.7 Å². The fraction of sp³-hybridized carbons (Fsp3) is 0.333. The third-order valence-corrected chi connectivity index (χ3v) is 3.41. The van der Waals surface area contributed by atoms with Crippen molar-refractivity contribution in [3.05, 3.63) is 35.9 Å². The SMILES string of the molecule is CC(NC(=O)CS(=O)CC(=O)O)c1ccccc1. The number of carboxylic acid groups (broad SMARTS) is 1. The van der Waals surface area contributed by atoms with Crippen LogP contribution in [0.25, 0.3) is 0 Å². The van der Waals surface area contributed by atoms with Crippen LogP contribution in [-0.4, -0.2) is 32.7 Å². The van der Waals surface area contributed by atoms with Crippen molar-refractivity contribution in [1.29, 1.82) is 0 Å². The number of hydrogen-bond donors (Lipinski definition) is 2. The monoisotopic (exact) mass is 269 g/mol. The summed E-state index contributed by atoms with van der Waals surface area (Å²) in [5.74, 6) is -2.38. The Kier molecular flexibility index (Phi) is 5.51. The molecule has 0 heterocycles. The van der Waals surface area contributed by atoms with Gasteiger partial charge in [-0.2, -0.15) is 0 Å². The van der Waals surface area contributed by atoms with Gasteiger partial charge in [-0.3, -0.25) is 13.8 Å². The van der Waals surface area contributed by atoms with Gasteiger partial charge in [0.25, 0.3) is 0 Å². The van der Waals surface area contributed by atoms with E-state index in [1.54, 1.807) is 0 Å². The van der Waals surface area contributed by atoms with Crippen LogP contribution in [0, 0.1) is 0 Å². The smallest absolute Gasteiger partial charge is 0.316 e. The highest BCUT2D eigenvalue weighted by Crippen LogP contribution is 2.10. The third-order valence-electron chi connectivity index (χ3n) is 2.25. The standard InChI is InChI=1S/C12H15NO4S/c1-9(10-5-3-2-4-6-10)13-11(14)7-18(17)8-12(15)16/h2-6,9H,7-8H2,1H3,(H,13,14)(H,15,16). The van der Waals surface area contributed by atoms with Crippen molar-refractivity contribution in [3.8, 4) is 0 Å². The Hall–Kier alpha value is -1.69. The molecule has 0 saturated heterocycles. The molecule has 0 saturated carbocycles. The average Bonchev–Trinajstić information content (AvgIpc) is 2.28. The summed E-state index contributed by atoms with van der Waals surface area (Å²) in [5, 5.41) is 11.1. The first kappa shape index (κ1) is 14.4. The van der Waals surface area contributed by atoms with E-state index in [1.807, 2.05) is 37.3 Å². The Morgan fingerprint density at radius 2 is 1.89 bits per heavy atom. The molecule has 0 aliphatic carbocycles. The normalized spacial score (nSPS) is 13.6. The van der Waals surface area contributed by atoms with E-state index in [0.29, 0.717) is 0 Å². The van der Waals surface area contributed by atoms with E-state index in [0.717, 1.165) is 5.56 Å². The predicted octanol–water partition coefficient (Wildman–Crippen LogP) is 0.697. The maximum absolute atomic E-state index is 11.5. The van der Waals surface area contributed by atoms with Crippen LogP contribution in [-0.2, 0) is 20.4 Å². The lowest BCUT2D eigenvalue weighted by Gasteiger charge is -2.13. The van der Waals surface area contributed by atoms with Crippen LogP contribution < -0.4 is 5.32 Å². The van der Waals surface area contributed by atoms with Gasteiger partial charge in [0, 0.05) is 10.8 Å². The molecule has 0 aliphatic rings. The molecule has 1 aromatic rings. The van der Waals surface area contributed by atoms with E-state index >= 15 is 0 Å². The largest absolute Gasteiger partial charge is 0.481 e. The number of carboxylic acids is 1. The van der Waals surface area contributed by atoms with Gasteiger partial charge in [0.1, 0.15) is 11.5 Å². The molecular weight excluding hydrogens is 254 g/mol. The maximum Gasteiger partial charge on any atom is 0.316 e. The van der Waals surface area contributed by atoms with Gasteiger partial charge in [-0.25, -0.2) is 0 Å². The van der Waals surface area contributed by atoms with Gasteiger partial charge in [-0.1, -0.05) is 30.3 Å². The lowest BCUT2D eigenvalue weighted by atomic mass is 10.1. The predicted molar refractivity (Wildman–Crippen MR) is 68.5 cm³/mol. The number of rotatable bonds is 6. The number of amides is 1. The fourth-order valence-electron chi connectivity index (χ4n) is 1.44. The molecule has 0 aliphatic heterocycles. The molecule has 2 atom stereocenters. The van der Waals surface area contributed by atoms with Crippen molar-refractivity contribution in [2.24, 2.45) is 0 Å². The van der Waals surface area contributed by atoms with Crippen molar-refractivity contribution in [3.63, 3.8) is 0 Å². The first-order chi connectivity index (χ1) is 8.49. The van der Waals surface area contributed by atoms with Crippen molar-refractivity contribution < 1.29 is 18.9 Å².